The van der Waals surface area contributed by atoms with Crippen molar-refractivity contribution in [2.75, 3.05) is 6.61 Å². The Morgan fingerprint density at radius 3 is 2.59 bits per heavy atom. The topological polar surface area (TPSA) is 80.9 Å². The molecule has 2 heterocycles. The van der Waals surface area contributed by atoms with Crippen LogP contribution in [0.4, 0.5) is 13.2 Å². The number of ether oxygens (including phenoxy) is 2. The number of aliphatic hydroxyl groups is 2. The third-order valence-electron chi connectivity index (χ3n) is 6.30. The van der Waals surface area contributed by atoms with Crippen LogP contribution in [0.5, 0.6) is 11.5 Å². The standard InChI is InChI=1S/C28H30F3NO5/c1-4-26(2,3)24-10-17-9-16(20(29)13-21(17)32(24)14-19(34)15-33)11-25(35)27(7-8-27)18-5-6-22-23(12-18)37-28(30,31)36-22/h5-6,9-10,12-13,19,33-34H,4,7-8,11,14-15H2,1-3H3/t19-/m1/s1/i4D2,5D,6D,7D2,8D2,9D,10D,12D,13D. The van der Waals surface area contributed by atoms with Crippen molar-refractivity contribution in [2.45, 2.75) is 76.1 Å². The maximum atomic E-state index is 16.2. The van der Waals surface area contributed by atoms with E-state index >= 15 is 4.39 Å². The van der Waals surface area contributed by atoms with E-state index in [0.29, 0.717) is 0 Å². The highest BCUT2D eigenvalue weighted by Crippen LogP contribution is 2.52. The molecule has 2 aromatic carbocycles. The van der Waals surface area contributed by atoms with Crippen molar-refractivity contribution in [3.63, 3.8) is 0 Å². The van der Waals surface area contributed by atoms with Gasteiger partial charge in [0.25, 0.3) is 0 Å². The van der Waals surface area contributed by atoms with Gasteiger partial charge >= 0.3 is 6.29 Å². The summed E-state index contributed by atoms with van der Waals surface area (Å²) in [5, 5.41) is 19.3. The zero-order valence-electron chi connectivity index (χ0n) is 31.9. The summed E-state index contributed by atoms with van der Waals surface area (Å²) in [6.45, 7) is 2.57. The minimum Gasteiger partial charge on any atom is -0.395 e. The Labute approximate surface area is 229 Å². The van der Waals surface area contributed by atoms with Gasteiger partial charge in [0, 0.05) is 31.1 Å². The van der Waals surface area contributed by atoms with Gasteiger partial charge in [0.1, 0.15) is 11.6 Å². The first-order valence-electron chi connectivity index (χ1n) is 17.2. The van der Waals surface area contributed by atoms with Crippen LogP contribution >= 0.6 is 0 Å². The van der Waals surface area contributed by atoms with E-state index in [9.17, 15) is 23.8 Å². The Bertz CT molecular complexity index is 1930. The molecule has 9 heteroatoms. The Kier molecular flexibility index (Phi) is 3.50. The van der Waals surface area contributed by atoms with Gasteiger partial charge in [-0.15, -0.1) is 8.78 Å². The van der Waals surface area contributed by atoms with Crippen molar-refractivity contribution in [3.05, 3.63) is 58.9 Å². The number of ketones is 1. The summed E-state index contributed by atoms with van der Waals surface area (Å²) in [7, 11) is 0. The normalized spacial score (nSPS) is 26.1. The van der Waals surface area contributed by atoms with Crippen LogP contribution in [0.25, 0.3) is 10.9 Å². The lowest BCUT2D eigenvalue weighted by Gasteiger charge is -2.26. The fraction of sp³-hybridized carbons (Fsp3) is 0.464. The van der Waals surface area contributed by atoms with Gasteiger partial charge < -0.3 is 24.3 Å². The van der Waals surface area contributed by atoms with Crippen molar-refractivity contribution in [3.8, 4) is 11.5 Å². The number of hydrogen-bond acceptors (Lipinski definition) is 5. The molecule has 1 aliphatic heterocycles. The van der Waals surface area contributed by atoms with Crippen LogP contribution in [0.1, 0.15) is 73.2 Å². The molecule has 1 aromatic heterocycles. The SMILES string of the molecule is [2H]c1c([2H])c(C2(C(=O)Cc3c(F)c([2H])c4c(c3[2H])c([2H])c(C(C)(C)C([2H])([2H])C)n4C[C@@H](O)CO)C([2H])([2H])C2([2H])[2H])c([2H])c2c1OC(F)(F)O2. The summed E-state index contributed by atoms with van der Waals surface area (Å²) in [5.74, 6) is -5.39. The van der Waals surface area contributed by atoms with Crippen molar-refractivity contribution in [2.24, 2.45) is 0 Å². The van der Waals surface area contributed by atoms with E-state index < -0.39 is 143 Å². The molecule has 1 fully saturated rings. The molecule has 2 aliphatic rings. The Morgan fingerprint density at radius 2 is 1.95 bits per heavy atom. The molecule has 0 radical (unpaired) electrons. The van der Waals surface area contributed by atoms with Crippen LogP contribution < -0.4 is 9.47 Å². The first-order chi connectivity index (χ1) is 22.2. The summed E-state index contributed by atoms with van der Waals surface area (Å²) >= 11 is 0. The Hall–Kier alpha value is -3.04. The minimum atomic E-state index is -4.41. The number of fused-ring (bicyclic) bond motifs is 2. The van der Waals surface area contributed by atoms with Gasteiger partial charge in [-0.05, 0) is 60.5 Å². The molecule has 0 amide bonds. The second kappa shape index (κ2) is 8.77. The number of carbonyl (C=O) groups excluding carboxylic acids is 1. The quantitative estimate of drug-likeness (QED) is 0.409. The molecule has 0 spiro atoms. The number of aromatic nitrogens is 1. The Morgan fingerprint density at radius 1 is 1.24 bits per heavy atom. The van der Waals surface area contributed by atoms with E-state index in [2.05, 4.69) is 9.47 Å². The number of carbonyl (C=O) groups is 1. The fourth-order valence-corrected chi connectivity index (χ4v) is 4.01. The monoisotopic (exact) mass is 529 g/mol. The van der Waals surface area contributed by atoms with Crippen molar-refractivity contribution < 1.29 is 54.1 Å². The van der Waals surface area contributed by atoms with Gasteiger partial charge in [-0.1, -0.05) is 26.8 Å². The molecule has 0 saturated heterocycles. The highest BCUT2D eigenvalue weighted by Gasteiger charge is 2.52. The number of rotatable bonds is 9. The van der Waals surface area contributed by atoms with Gasteiger partial charge in [0.05, 0.1) is 38.4 Å². The first-order valence-corrected chi connectivity index (χ1v) is 11.2. The number of aliphatic hydroxyl groups excluding tert-OH is 2. The van der Waals surface area contributed by atoms with Crippen LogP contribution in [0.2, 0.25) is 0 Å². The minimum absolute atomic E-state index is 0.198. The smallest absolute Gasteiger partial charge is 0.395 e. The molecule has 5 rings (SSSR count). The largest absolute Gasteiger partial charge is 0.586 e. The average molecular weight is 530 g/mol. The molecule has 1 aliphatic carbocycles. The summed E-state index contributed by atoms with van der Waals surface area (Å²) in [6, 6.07) is -6.20. The zero-order valence-corrected chi connectivity index (χ0v) is 19.9. The van der Waals surface area contributed by atoms with Gasteiger partial charge in [0.15, 0.2) is 11.5 Å². The summed E-state index contributed by atoms with van der Waals surface area (Å²) in [6.07, 6.45) is -16.0. The van der Waals surface area contributed by atoms with Crippen LogP contribution in [0.15, 0.2) is 36.3 Å². The lowest BCUT2D eigenvalue weighted by Crippen LogP contribution is -2.26. The maximum absolute atomic E-state index is 16.2. The molecular formula is C28H30F3NO5. The van der Waals surface area contributed by atoms with E-state index in [1.807, 2.05) is 0 Å². The van der Waals surface area contributed by atoms with E-state index in [0.717, 1.165) is 4.57 Å². The van der Waals surface area contributed by atoms with Crippen LogP contribution in [0.3, 0.4) is 0 Å². The second-order valence-electron chi connectivity index (χ2n) is 9.24. The summed E-state index contributed by atoms with van der Waals surface area (Å²) < 4.78 is 155. The number of Topliss-reactive ketones (excluding diaryl/α,β-unsaturated/α-hetero) is 1. The molecule has 0 bridgehead atoms. The number of halogens is 3. The lowest BCUT2D eigenvalue weighted by atomic mass is 9.86. The number of nitrogens with zero attached hydrogens (tertiary/aromatic N) is 1. The third kappa shape index (κ3) is 4.48. The van der Waals surface area contributed by atoms with Gasteiger partial charge in [0.2, 0.25) is 0 Å². The van der Waals surface area contributed by atoms with Gasteiger partial charge in [-0.25, -0.2) is 4.39 Å². The van der Waals surface area contributed by atoms with Gasteiger partial charge in [-0.2, -0.15) is 0 Å². The van der Waals surface area contributed by atoms with E-state index in [1.165, 1.54) is 20.8 Å². The molecule has 0 unspecified atom stereocenters. The predicted molar refractivity (Wildman–Crippen MR) is 131 cm³/mol. The van der Waals surface area contributed by atoms with E-state index in [-0.39, 0.29) is 5.69 Å². The molecule has 37 heavy (non-hydrogen) atoms. The molecule has 198 valence electrons. The highest BCUT2D eigenvalue weighted by atomic mass is 19.3. The average Bonchev–Trinajstić information content (AvgIpc) is 3.25. The van der Waals surface area contributed by atoms with Crippen LogP contribution in [0, 0.1) is 5.82 Å². The van der Waals surface area contributed by atoms with Gasteiger partial charge in [-0.3, -0.25) is 4.79 Å². The second-order valence-corrected chi connectivity index (χ2v) is 9.24. The van der Waals surface area contributed by atoms with Crippen molar-refractivity contribution in [1.82, 2.24) is 4.57 Å². The van der Waals surface area contributed by atoms with E-state index in [4.69, 9.17) is 16.4 Å². The molecule has 3 aromatic rings. The molecule has 2 N–H and O–H groups in total. The fourth-order valence-electron chi connectivity index (χ4n) is 4.01. The lowest BCUT2D eigenvalue weighted by molar-refractivity contribution is -0.286. The summed E-state index contributed by atoms with van der Waals surface area (Å²) in [5.41, 5.74) is -7.57. The van der Waals surface area contributed by atoms with Crippen LogP contribution in [-0.4, -0.2) is 39.6 Å². The number of hydrogen-bond donors (Lipinski definition) is 2. The predicted octanol–water partition coefficient (Wildman–Crippen LogP) is 4.99. The first kappa shape index (κ1) is 14.8. The maximum Gasteiger partial charge on any atom is 0.586 e. The Balaban J connectivity index is 1.77. The number of benzene rings is 2. The molecule has 1 atom stereocenters. The molecular weight excluding hydrogens is 487 g/mol. The molecule has 6 nitrogen and oxygen atoms in total. The highest BCUT2D eigenvalue weighted by molar-refractivity contribution is 5.95. The zero-order chi connectivity index (χ0) is 37.4. The van der Waals surface area contributed by atoms with Crippen LogP contribution in [-0.2, 0) is 28.6 Å². The van der Waals surface area contributed by atoms with Crippen molar-refractivity contribution in [1.29, 1.82) is 0 Å². The summed E-state index contributed by atoms with van der Waals surface area (Å²) in [4.78, 5) is 14.2. The molecule has 1 saturated carbocycles. The van der Waals surface area contributed by atoms with Crippen molar-refractivity contribution >= 4 is 16.7 Å². The van der Waals surface area contributed by atoms with E-state index in [1.54, 1.807) is 0 Å². The third-order valence-corrected chi connectivity index (χ3v) is 6.30. The number of alkyl halides is 2.